The summed E-state index contributed by atoms with van der Waals surface area (Å²) in [5.41, 5.74) is -0.0879. The van der Waals surface area contributed by atoms with Crippen LogP contribution in [-0.2, 0) is 0 Å². The molecule has 0 radical (unpaired) electrons. The summed E-state index contributed by atoms with van der Waals surface area (Å²) < 4.78 is 18.8. The van der Waals surface area contributed by atoms with E-state index in [9.17, 15) is 4.39 Å². The summed E-state index contributed by atoms with van der Waals surface area (Å²) >= 11 is 3.11. The van der Waals surface area contributed by atoms with Crippen LogP contribution in [0.1, 0.15) is 5.56 Å². The van der Waals surface area contributed by atoms with Crippen LogP contribution in [0.15, 0.2) is 29.3 Å². The molecule has 0 aliphatic carbocycles. The molecule has 0 saturated heterocycles. The van der Waals surface area contributed by atoms with Gasteiger partial charge in [-0.1, -0.05) is 28.6 Å². The second-order valence-corrected chi connectivity index (χ2v) is 3.39. The van der Waals surface area contributed by atoms with Gasteiger partial charge in [-0.2, -0.15) is 5.26 Å². The number of nitriles is 1. The van der Waals surface area contributed by atoms with Gasteiger partial charge in [0.15, 0.2) is 0 Å². The van der Waals surface area contributed by atoms with Crippen molar-refractivity contribution in [1.29, 1.82) is 5.26 Å². The molecule has 0 atom stereocenters. The van der Waals surface area contributed by atoms with Gasteiger partial charge in [-0.05, 0) is 12.1 Å². The average Bonchev–Trinajstić information content (AvgIpc) is 2.14. The maximum atomic E-state index is 13.2. The van der Waals surface area contributed by atoms with Crippen molar-refractivity contribution in [3.63, 3.8) is 0 Å². The lowest BCUT2D eigenvalue weighted by Gasteiger charge is -2.06. The van der Waals surface area contributed by atoms with E-state index in [2.05, 4.69) is 22.5 Å². The van der Waals surface area contributed by atoms with E-state index in [4.69, 9.17) is 10.00 Å². The fraction of sp³-hybridized carbons (Fsp3) is 0.100. The van der Waals surface area contributed by atoms with E-state index in [1.54, 1.807) is 12.1 Å². The van der Waals surface area contributed by atoms with Crippen molar-refractivity contribution in [3.8, 4) is 11.8 Å². The SMILES string of the molecule is C=CCOc1cc(Br)cc(F)c1C#N. The molecular formula is C10H7BrFNO. The van der Waals surface area contributed by atoms with Gasteiger partial charge in [0.1, 0.15) is 29.8 Å². The first-order valence-corrected chi connectivity index (χ1v) is 4.61. The third-order valence-corrected chi connectivity index (χ3v) is 1.95. The normalized spacial score (nSPS) is 9.21. The van der Waals surface area contributed by atoms with Crippen LogP contribution < -0.4 is 4.74 Å². The standard InChI is InChI=1S/C10H7BrFNO/c1-2-3-14-10-5-7(11)4-9(12)8(10)6-13/h2,4-5H,1,3H2. The van der Waals surface area contributed by atoms with Crippen LogP contribution in [0.25, 0.3) is 0 Å². The molecule has 1 aromatic rings. The topological polar surface area (TPSA) is 33.0 Å². The Balaban J connectivity index is 3.12. The molecule has 14 heavy (non-hydrogen) atoms. The van der Waals surface area contributed by atoms with Gasteiger partial charge in [0.2, 0.25) is 0 Å². The molecule has 0 fully saturated rings. The van der Waals surface area contributed by atoms with E-state index in [1.165, 1.54) is 12.1 Å². The molecule has 2 nitrogen and oxygen atoms in total. The van der Waals surface area contributed by atoms with Crippen molar-refractivity contribution in [1.82, 2.24) is 0 Å². The third-order valence-electron chi connectivity index (χ3n) is 1.49. The highest BCUT2D eigenvalue weighted by atomic mass is 79.9. The predicted octanol–water partition coefficient (Wildman–Crippen LogP) is 3.02. The van der Waals surface area contributed by atoms with Crippen molar-refractivity contribution in [2.45, 2.75) is 0 Å². The van der Waals surface area contributed by atoms with Crippen LogP contribution in [0.5, 0.6) is 5.75 Å². The molecule has 1 aromatic carbocycles. The van der Waals surface area contributed by atoms with Crippen LogP contribution in [0.2, 0.25) is 0 Å². The summed E-state index contributed by atoms with van der Waals surface area (Å²) in [5, 5.41) is 8.68. The van der Waals surface area contributed by atoms with Crippen LogP contribution >= 0.6 is 15.9 Å². The molecule has 0 aromatic heterocycles. The lowest BCUT2D eigenvalue weighted by atomic mass is 10.2. The minimum Gasteiger partial charge on any atom is -0.488 e. The molecule has 0 heterocycles. The molecule has 0 bridgehead atoms. The molecule has 0 aliphatic heterocycles. The lowest BCUT2D eigenvalue weighted by molar-refractivity contribution is 0.359. The number of ether oxygens (including phenoxy) is 1. The Morgan fingerprint density at radius 3 is 2.93 bits per heavy atom. The molecule has 0 spiro atoms. The fourth-order valence-corrected chi connectivity index (χ4v) is 1.33. The fourth-order valence-electron chi connectivity index (χ4n) is 0.921. The van der Waals surface area contributed by atoms with E-state index < -0.39 is 5.82 Å². The van der Waals surface area contributed by atoms with Crippen LogP contribution in [0.3, 0.4) is 0 Å². The average molecular weight is 256 g/mol. The van der Waals surface area contributed by atoms with Gasteiger partial charge in [0, 0.05) is 4.47 Å². The highest BCUT2D eigenvalue weighted by Crippen LogP contribution is 2.26. The van der Waals surface area contributed by atoms with Crippen molar-refractivity contribution < 1.29 is 9.13 Å². The van der Waals surface area contributed by atoms with E-state index in [-0.39, 0.29) is 17.9 Å². The number of rotatable bonds is 3. The minimum absolute atomic E-state index is 0.0879. The molecule has 0 amide bonds. The van der Waals surface area contributed by atoms with E-state index in [1.807, 2.05) is 0 Å². The maximum absolute atomic E-state index is 13.2. The zero-order chi connectivity index (χ0) is 10.6. The third kappa shape index (κ3) is 2.33. The molecule has 0 aliphatic rings. The first kappa shape index (κ1) is 10.7. The van der Waals surface area contributed by atoms with Gasteiger partial charge >= 0.3 is 0 Å². The second kappa shape index (κ2) is 4.77. The molecule has 0 unspecified atom stereocenters. The van der Waals surface area contributed by atoms with Crippen LogP contribution in [0, 0.1) is 17.1 Å². The Bertz CT molecular complexity index is 398. The maximum Gasteiger partial charge on any atom is 0.145 e. The van der Waals surface area contributed by atoms with Crippen LogP contribution in [-0.4, -0.2) is 6.61 Å². The summed E-state index contributed by atoms with van der Waals surface area (Å²) in [4.78, 5) is 0. The number of nitrogens with zero attached hydrogens (tertiary/aromatic N) is 1. The molecule has 1 rings (SSSR count). The van der Waals surface area contributed by atoms with Crippen LogP contribution in [0.4, 0.5) is 4.39 Å². The summed E-state index contributed by atoms with van der Waals surface area (Å²) in [6, 6.07) is 4.51. The van der Waals surface area contributed by atoms with Gasteiger partial charge in [0.05, 0.1) is 0 Å². The minimum atomic E-state index is -0.596. The number of halogens is 2. The van der Waals surface area contributed by atoms with E-state index in [0.717, 1.165) is 0 Å². The monoisotopic (exact) mass is 255 g/mol. The molecule has 0 saturated carbocycles. The van der Waals surface area contributed by atoms with E-state index in [0.29, 0.717) is 4.47 Å². The second-order valence-electron chi connectivity index (χ2n) is 2.47. The Morgan fingerprint density at radius 1 is 1.64 bits per heavy atom. The first-order valence-electron chi connectivity index (χ1n) is 3.82. The quantitative estimate of drug-likeness (QED) is 0.778. The number of benzene rings is 1. The summed E-state index contributed by atoms with van der Waals surface area (Å²) in [7, 11) is 0. The summed E-state index contributed by atoms with van der Waals surface area (Å²) in [5.74, 6) is -0.375. The Hall–Kier alpha value is -1.34. The Morgan fingerprint density at radius 2 is 2.36 bits per heavy atom. The predicted molar refractivity (Wildman–Crippen MR) is 54.5 cm³/mol. The van der Waals surface area contributed by atoms with E-state index >= 15 is 0 Å². The summed E-state index contributed by atoms with van der Waals surface area (Å²) in [6.07, 6.45) is 1.53. The molecule has 4 heteroatoms. The first-order chi connectivity index (χ1) is 6.69. The highest BCUT2D eigenvalue weighted by molar-refractivity contribution is 9.10. The van der Waals surface area contributed by atoms with Crippen molar-refractivity contribution in [2.24, 2.45) is 0 Å². The molecule has 72 valence electrons. The molecular weight excluding hydrogens is 249 g/mol. The van der Waals surface area contributed by atoms with Gasteiger partial charge < -0.3 is 4.74 Å². The zero-order valence-electron chi connectivity index (χ0n) is 7.26. The van der Waals surface area contributed by atoms with Crippen molar-refractivity contribution >= 4 is 15.9 Å². The van der Waals surface area contributed by atoms with Gasteiger partial charge in [0.25, 0.3) is 0 Å². The van der Waals surface area contributed by atoms with Gasteiger partial charge in [-0.15, -0.1) is 0 Å². The molecule has 0 N–H and O–H groups in total. The number of hydrogen-bond donors (Lipinski definition) is 0. The zero-order valence-corrected chi connectivity index (χ0v) is 8.84. The van der Waals surface area contributed by atoms with Crippen molar-refractivity contribution in [2.75, 3.05) is 6.61 Å². The lowest BCUT2D eigenvalue weighted by Crippen LogP contribution is -1.97. The van der Waals surface area contributed by atoms with Gasteiger partial charge in [-0.3, -0.25) is 0 Å². The highest BCUT2D eigenvalue weighted by Gasteiger charge is 2.10. The van der Waals surface area contributed by atoms with Crippen molar-refractivity contribution in [3.05, 3.63) is 40.6 Å². The Kier molecular flexibility index (Phi) is 3.66. The van der Waals surface area contributed by atoms with Gasteiger partial charge in [-0.25, -0.2) is 4.39 Å². The number of hydrogen-bond acceptors (Lipinski definition) is 2. The summed E-state index contributed by atoms with van der Waals surface area (Å²) in [6.45, 7) is 3.70. The Labute approximate surface area is 89.7 Å². The largest absolute Gasteiger partial charge is 0.488 e. The smallest absolute Gasteiger partial charge is 0.145 e.